The van der Waals surface area contributed by atoms with Crippen LogP contribution >= 0.6 is 0 Å². The van der Waals surface area contributed by atoms with Gasteiger partial charge in [0.15, 0.2) is 17.3 Å². The van der Waals surface area contributed by atoms with E-state index in [9.17, 15) is 14.4 Å². The van der Waals surface area contributed by atoms with Crippen molar-refractivity contribution in [2.75, 3.05) is 0 Å². The van der Waals surface area contributed by atoms with E-state index in [0.717, 1.165) is 5.56 Å². The number of carbonyl (C=O) groups is 3. The number of hydrogen-bond donors (Lipinski definition) is 0. The van der Waals surface area contributed by atoms with Crippen molar-refractivity contribution in [3.05, 3.63) is 107 Å². The van der Waals surface area contributed by atoms with Crippen LogP contribution in [-0.4, -0.2) is 17.3 Å². The molecule has 0 saturated heterocycles. The van der Waals surface area contributed by atoms with Crippen LogP contribution in [0.3, 0.4) is 0 Å². The van der Waals surface area contributed by atoms with E-state index >= 15 is 0 Å². The lowest BCUT2D eigenvalue weighted by Crippen LogP contribution is -2.23. The summed E-state index contributed by atoms with van der Waals surface area (Å²) in [6.45, 7) is 0. The maximum absolute atomic E-state index is 13.3. The molecule has 1 spiro atoms. The molecule has 2 atom stereocenters. The fraction of sp³-hybridized carbons (Fsp3) is 0.125. The Morgan fingerprint density at radius 3 is 1.70 bits per heavy atom. The second-order valence-corrected chi connectivity index (χ2v) is 7.17. The topological polar surface area (TPSA) is 51.2 Å². The van der Waals surface area contributed by atoms with Crippen LogP contribution in [-0.2, 0) is 0 Å². The molecule has 1 saturated carbocycles. The van der Waals surface area contributed by atoms with Crippen LogP contribution < -0.4 is 0 Å². The highest BCUT2D eigenvalue weighted by Gasteiger charge is 2.78. The monoisotopic (exact) mass is 352 g/mol. The minimum absolute atomic E-state index is 0.140. The van der Waals surface area contributed by atoms with Gasteiger partial charge >= 0.3 is 0 Å². The lowest BCUT2D eigenvalue weighted by molar-refractivity contribution is 0.0764. The van der Waals surface area contributed by atoms with Gasteiger partial charge in [-0.2, -0.15) is 0 Å². The second-order valence-electron chi connectivity index (χ2n) is 7.17. The summed E-state index contributed by atoms with van der Waals surface area (Å²) >= 11 is 0. The molecule has 3 aromatic rings. The Balaban J connectivity index is 1.67. The Labute approximate surface area is 156 Å². The van der Waals surface area contributed by atoms with E-state index < -0.39 is 17.3 Å². The fourth-order valence-electron chi connectivity index (χ4n) is 4.64. The fourth-order valence-corrected chi connectivity index (χ4v) is 4.64. The molecule has 2 aliphatic carbocycles. The molecule has 0 aromatic heterocycles. The van der Waals surface area contributed by atoms with Gasteiger partial charge in [-0.15, -0.1) is 0 Å². The maximum atomic E-state index is 13.3. The van der Waals surface area contributed by atoms with Crippen molar-refractivity contribution in [3.8, 4) is 0 Å². The Bertz CT molecular complexity index is 1050. The number of ketones is 3. The predicted octanol–water partition coefficient (Wildman–Crippen LogP) is 4.35. The van der Waals surface area contributed by atoms with Crippen LogP contribution in [0, 0.1) is 11.3 Å². The molecule has 0 amide bonds. The zero-order valence-corrected chi connectivity index (χ0v) is 14.5. The number of Topliss-reactive ketones (excluding diaryl/α,β-unsaturated/α-hetero) is 3. The molecule has 2 unspecified atom stereocenters. The Kier molecular flexibility index (Phi) is 3.28. The molecule has 1 fully saturated rings. The van der Waals surface area contributed by atoms with Gasteiger partial charge in [0, 0.05) is 22.6 Å². The van der Waals surface area contributed by atoms with Crippen molar-refractivity contribution in [1.29, 1.82) is 0 Å². The standard InChI is InChI=1S/C24H16O3/c25-21(16-11-5-2-6-12-16)20-19(15-9-3-1-4-10-15)24(20)22(26)17-13-7-8-14-18(17)23(24)27/h1-14,19-20H. The van der Waals surface area contributed by atoms with Crippen LogP contribution in [0.15, 0.2) is 84.9 Å². The summed E-state index contributed by atoms with van der Waals surface area (Å²) in [5, 5.41) is 0. The van der Waals surface area contributed by atoms with Crippen molar-refractivity contribution in [2.24, 2.45) is 11.3 Å². The highest BCUT2D eigenvalue weighted by Crippen LogP contribution is 2.70. The third-order valence-electron chi connectivity index (χ3n) is 5.87. The first-order valence-electron chi connectivity index (χ1n) is 9.00. The number of rotatable bonds is 3. The zero-order chi connectivity index (χ0) is 18.6. The number of hydrogen-bond acceptors (Lipinski definition) is 3. The highest BCUT2D eigenvalue weighted by molar-refractivity contribution is 6.35. The van der Waals surface area contributed by atoms with Crippen molar-refractivity contribution >= 4 is 17.3 Å². The Morgan fingerprint density at radius 2 is 1.15 bits per heavy atom. The zero-order valence-electron chi connectivity index (χ0n) is 14.5. The summed E-state index contributed by atoms with van der Waals surface area (Å²) in [6.07, 6.45) is 0. The third-order valence-corrected chi connectivity index (χ3v) is 5.87. The van der Waals surface area contributed by atoms with Gasteiger partial charge in [0.25, 0.3) is 0 Å². The first kappa shape index (κ1) is 15.9. The first-order valence-corrected chi connectivity index (χ1v) is 9.00. The van der Waals surface area contributed by atoms with Gasteiger partial charge in [-0.1, -0.05) is 84.9 Å². The average Bonchev–Trinajstić information content (AvgIpc) is 3.39. The van der Waals surface area contributed by atoms with E-state index in [2.05, 4.69) is 0 Å². The van der Waals surface area contributed by atoms with Crippen LogP contribution in [0.5, 0.6) is 0 Å². The molecule has 3 heteroatoms. The van der Waals surface area contributed by atoms with Crippen LogP contribution in [0.2, 0.25) is 0 Å². The van der Waals surface area contributed by atoms with Crippen LogP contribution in [0.4, 0.5) is 0 Å². The van der Waals surface area contributed by atoms with Gasteiger partial charge in [0.05, 0.1) is 5.92 Å². The summed E-state index contributed by atoms with van der Waals surface area (Å²) in [7, 11) is 0. The minimum Gasteiger partial charge on any atom is -0.294 e. The smallest absolute Gasteiger partial charge is 0.178 e. The molecular formula is C24H16O3. The lowest BCUT2D eigenvalue weighted by Gasteiger charge is -2.06. The SMILES string of the molecule is O=C(c1ccccc1)C1C(c2ccccc2)C12C(=O)c1ccccc1C2=O. The van der Waals surface area contributed by atoms with Gasteiger partial charge in [0.1, 0.15) is 5.41 Å². The first-order chi connectivity index (χ1) is 13.2. The third kappa shape index (κ3) is 2.00. The molecule has 5 rings (SSSR count). The van der Waals surface area contributed by atoms with Gasteiger partial charge in [-0.25, -0.2) is 0 Å². The van der Waals surface area contributed by atoms with E-state index in [1.165, 1.54) is 0 Å². The molecule has 0 radical (unpaired) electrons. The van der Waals surface area contributed by atoms with Crippen molar-refractivity contribution in [1.82, 2.24) is 0 Å². The molecule has 0 heterocycles. The minimum atomic E-state index is -1.29. The molecule has 3 nitrogen and oxygen atoms in total. The van der Waals surface area contributed by atoms with E-state index in [0.29, 0.717) is 16.7 Å². The summed E-state index contributed by atoms with van der Waals surface area (Å²) in [5.74, 6) is -1.65. The molecule has 0 aliphatic heterocycles. The number of carbonyl (C=O) groups excluding carboxylic acids is 3. The summed E-state index contributed by atoms with van der Waals surface area (Å²) in [4.78, 5) is 40.0. The van der Waals surface area contributed by atoms with Crippen molar-refractivity contribution in [2.45, 2.75) is 5.92 Å². The Hall–Kier alpha value is -3.33. The van der Waals surface area contributed by atoms with Gasteiger partial charge in [0.2, 0.25) is 0 Å². The summed E-state index contributed by atoms with van der Waals surface area (Å²) in [6, 6.07) is 25.3. The molecular weight excluding hydrogens is 336 g/mol. The largest absolute Gasteiger partial charge is 0.294 e. The van der Waals surface area contributed by atoms with Crippen molar-refractivity contribution in [3.63, 3.8) is 0 Å². The summed E-state index contributed by atoms with van der Waals surface area (Å²) in [5.41, 5.74) is 0.981. The van der Waals surface area contributed by atoms with Gasteiger partial charge in [-0.05, 0) is 5.56 Å². The quantitative estimate of drug-likeness (QED) is 0.520. The normalized spacial score (nSPS) is 21.9. The molecule has 27 heavy (non-hydrogen) atoms. The number of benzene rings is 3. The van der Waals surface area contributed by atoms with E-state index in [4.69, 9.17) is 0 Å². The molecule has 0 bridgehead atoms. The number of fused-ring (bicyclic) bond motifs is 1. The van der Waals surface area contributed by atoms with Gasteiger partial charge < -0.3 is 0 Å². The van der Waals surface area contributed by atoms with E-state index in [1.807, 2.05) is 36.4 Å². The summed E-state index contributed by atoms with van der Waals surface area (Å²) < 4.78 is 0. The average molecular weight is 352 g/mol. The molecule has 0 N–H and O–H groups in total. The van der Waals surface area contributed by atoms with Gasteiger partial charge in [-0.3, -0.25) is 14.4 Å². The van der Waals surface area contributed by atoms with E-state index in [1.54, 1.807) is 48.5 Å². The second kappa shape index (κ2) is 5.58. The molecule has 130 valence electrons. The maximum Gasteiger partial charge on any atom is 0.178 e. The molecule has 2 aliphatic rings. The van der Waals surface area contributed by atoms with Crippen LogP contribution in [0.25, 0.3) is 0 Å². The lowest BCUT2D eigenvalue weighted by atomic mass is 9.91. The van der Waals surface area contributed by atoms with E-state index in [-0.39, 0.29) is 17.3 Å². The Morgan fingerprint density at radius 1 is 0.667 bits per heavy atom. The predicted molar refractivity (Wildman–Crippen MR) is 101 cm³/mol. The van der Waals surface area contributed by atoms with Crippen molar-refractivity contribution < 1.29 is 14.4 Å². The molecule has 3 aromatic carbocycles. The highest BCUT2D eigenvalue weighted by atomic mass is 16.2. The van der Waals surface area contributed by atoms with Crippen LogP contribution in [0.1, 0.15) is 42.6 Å².